The fourth-order valence-electron chi connectivity index (χ4n) is 1.86. The number of benzene rings is 1. The average molecular weight is 227 g/mol. The molecular formula is C14H17N3. The topological polar surface area (TPSA) is 51.8 Å². The number of hydrogen-bond donors (Lipinski definition) is 1. The number of aromatic nitrogens is 2. The molecule has 0 aliphatic carbocycles. The molecule has 3 nitrogen and oxygen atoms in total. The van der Waals surface area contributed by atoms with Gasteiger partial charge in [-0.2, -0.15) is 0 Å². The van der Waals surface area contributed by atoms with E-state index in [0.717, 1.165) is 16.8 Å². The second kappa shape index (κ2) is 4.17. The lowest BCUT2D eigenvalue weighted by atomic mass is 9.96. The zero-order valence-corrected chi connectivity index (χ0v) is 10.7. The lowest BCUT2D eigenvalue weighted by Gasteiger charge is -2.11. The zero-order chi connectivity index (χ0) is 12.6. The van der Waals surface area contributed by atoms with Crippen LogP contribution in [0.1, 0.15) is 22.3 Å². The largest absolute Gasteiger partial charge is 0.382 e. The number of aryl methyl sites for hydroxylation is 2. The lowest BCUT2D eigenvalue weighted by molar-refractivity contribution is 1.03. The predicted molar refractivity (Wildman–Crippen MR) is 70.8 cm³/mol. The summed E-state index contributed by atoms with van der Waals surface area (Å²) in [6.45, 7) is 8.31. The maximum absolute atomic E-state index is 5.69. The van der Waals surface area contributed by atoms with Gasteiger partial charge >= 0.3 is 0 Å². The van der Waals surface area contributed by atoms with Crippen LogP contribution in [0.25, 0.3) is 11.3 Å². The molecule has 0 bridgehead atoms. The molecule has 1 aromatic carbocycles. The van der Waals surface area contributed by atoms with Gasteiger partial charge < -0.3 is 5.73 Å². The Morgan fingerprint density at radius 1 is 0.882 bits per heavy atom. The van der Waals surface area contributed by atoms with Crippen LogP contribution in [0.15, 0.2) is 18.2 Å². The number of rotatable bonds is 1. The minimum absolute atomic E-state index is 0.496. The van der Waals surface area contributed by atoms with Crippen molar-refractivity contribution in [3.8, 4) is 11.3 Å². The van der Waals surface area contributed by atoms with Crippen LogP contribution in [0.2, 0.25) is 0 Å². The summed E-state index contributed by atoms with van der Waals surface area (Å²) in [5, 5.41) is 8.14. The highest BCUT2D eigenvalue weighted by atomic mass is 15.1. The Morgan fingerprint density at radius 2 is 1.59 bits per heavy atom. The normalized spacial score (nSPS) is 10.6. The molecule has 1 aromatic heterocycles. The minimum atomic E-state index is 0.496. The SMILES string of the molecule is Cc1cc(-c2ccc(C)c(C)c2C)nnc1N. The average Bonchev–Trinajstić information content (AvgIpc) is 2.30. The van der Waals surface area contributed by atoms with Crippen LogP contribution in [0, 0.1) is 27.7 Å². The van der Waals surface area contributed by atoms with Crippen molar-refractivity contribution in [2.24, 2.45) is 0 Å². The Morgan fingerprint density at radius 3 is 2.24 bits per heavy atom. The fourth-order valence-corrected chi connectivity index (χ4v) is 1.86. The van der Waals surface area contributed by atoms with Crippen LogP contribution in [-0.2, 0) is 0 Å². The Bertz CT molecular complexity index is 574. The fraction of sp³-hybridized carbons (Fsp3) is 0.286. The van der Waals surface area contributed by atoms with Crippen molar-refractivity contribution >= 4 is 5.82 Å². The van der Waals surface area contributed by atoms with Crippen LogP contribution in [-0.4, -0.2) is 10.2 Å². The highest BCUT2D eigenvalue weighted by molar-refractivity contribution is 5.67. The third-order valence-corrected chi connectivity index (χ3v) is 3.36. The van der Waals surface area contributed by atoms with Gasteiger partial charge in [-0.15, -0.1) is 10.2 Å². The predicted octanol–water partition coefficient (Wildman–Crippen LogP) is 2.96. The Hall–Kier alpha value is -1.90. The van der Waals surface area contributed by atoms with Crippen molar-refractivity contribution in [2.75, 3.05) is 5.73 Å². The van der Waals surface area contributed by atoms with Crippen LogP contribution < -0.4 is 5.73 Å². The van der Waals surface area contributed by atoms with E-state index in [1.165, 1.54) is 16.7 Å². The number of nitrogens with zero attached hydrogens (tertiary/aromatic N) is 2. The zero-order valence-electron chi connectivity index (χ0n) is 10.7. The number of nitrogens with two attached hydrogens (primary N) is 1. The van der Waals surface area contributed by atoms with Gasteiger partial charge in [-0.25, -0.2) is 0 Å². The maximum Gasteiger partial charge on any atom is 0.149 e. The van der Waals surface area contributed by atoms with Crippen molar-refractivity contribution in [1.82, 2.24) is 10.2 Å². The Balaban J connectivity index is 2.61. The summed E-state index contributed by atoms with van der Waals surface area (Å²) in [5.41, 5.74) is 12.5. The molecule has 2 aromatic rings. The molecule has 0 saturated carbocycles. The molecular weight excluding hydrogens is 210 g/mol. The Labute approximate surface area is 102 Å². The van der Waals surface area contributed by atoms with Crippen molar-refractivity contribution in [2.45, 2.75) is 27.7 Å². The second-order valence-electron chi connectivity index (χ2n) is 4.48. The summed E-state index contributed by atoms with van der Waals surface area (Å²) in [4.78, 5) is 0. The summed E-state index contributed by atoms with van der Waals surface area (Å²) >= 11 is 0. The maximum atomic E-state index is 5.69. The van der Waals surface area contributed by atoms with Crippen molar-refractivity contribution < 1.29 is 0 Å². The molecule has 0 fully saturated rings. The van der Waals surface area contributed by atoms with Crippen molar-refractivity contribution in [1.29, 1.82) is 0 Å². The first-order chi connectivity index (χ1) is 8.00. The number of nitrogen functional groups attached to an aromatic ring is 1. The number of anilines is 1. The van der Waals surface area contributed by atoms with Crippen LogP contribution in [0.5, 0.6) is 0 Å². The third kappa shape index (κ3) is 2.00. The van der Waals surface area contributed by atoms with Crippen molar-refractivity contribution in [3.63, 3.8) is 0 Å². The molecule has 0 aliphatic heterocycles. The third-order valence-electron chi connectivity index (χ3n) is 3.36. The molecule has 17 heavy (non-hydrogen) atoms. The molecule has 0 radical (unpaired) electrons. The van der Waals surface area contributed by atoms with E-state index in [0.29, 0.717) is 5.82 Å². The highest BCUT2D eigenvalue weighted by Crippen LogP contribution is 2.26. The van der Waals surface area contributed by atoms with E-state index in [-0.39, 0.29) is 0 Å². The first kappa shape index (κ1) is 11.6. The molecule has 2 rings (SSSR count). The van der Waals surface area contributed by atoms with Gasteiger partial charge in [0.1, 0.15) is 5.82 Å². The van der Waals surface area contributed by atoms with E-state index in [9.17, 15) is 0 Å². The molecule has 0 spiro atoms. The summed E-state index contributed by atoms with van der Waals surface area (Å²) < 4.78 is 0. The van der Waals surface area contributed by atoms with Gasteiger partial charge in [-0.3, -0.25) is 0 Å². The molecule has 0 saturated heterocycles. The van der Waals surface area contributed by atoms with E-state index >= 15 is 0 Å². The monoisotopic (exact) mass is 227 g/mol. The van der Waals surface area contributed by atoms with E-state index in [1.807, 2.05) is 13.0 Å². The van der Waals surface area contributed by atoms with Gasteiger partial charge in [0.05, 0.1) is 5.69 Å². The first-order valence-corrected chi connectivity index (χ1v) is 5.67. The molecule has 0 unspecified atom stereocenters. The van der Waals surface area contributed by atoms with Crippen LogP contribution in [0.4, 0.5) is 5.82 Å². The van der Waals surface area contributed by atoms with E-state index in [1.54, 1.807) is 0 Å². The molecule has 2 N–H and O–H groups in total. The lowest BCUT2D eigenvalue weighted by Crippen LogP contribution is -1.99. The summed E-state index contributed by atoms with van der Waals surface area (Å²) in [6, 6.07) is 6.20. The van der Waals surface area contributed by atoms with E-state index in [2.05, 4.69) is 43.1 Å². The standard InChI is InChI=1S/C14H17N3/c1-8-5-6-12(11(4)10(8)3)13-7-9(2)14(15)17-16-13/h5-7H,1-4H3,(H2,15,17). The van der Waals surface area contributed by atoms with Gasteiger partial charge in [0.25, 0.3) is 0 Å². The molecule has 3 heteroatoms. The highest BCUT2D eigenvalue weighted by Gasteiger charge is 2.08. The van der Waals surface area contributed by atoms with E-state index < -0.39 is 0 Å². The smallest absolute Gasteiger partial charge is 0.149 e. The first-order valence-electron chi connectivity index (χ1n) is 5.67. The molecule has 0 amide bonds. The van der Waals surface area contributed by atoms with Gasteiger partial charge in [-0.05, 0) is 56.0 Å². The summed E-state index contributed by atoms with van der Waals surface area (Å²) in [6.07, 6.45) is 0. The molecule has 1 heterocycles. The van der Waals surface area contributed by atoms with E-state index in [4.69, 9.17) is 5.73 Å². The van der Waals surface area contributed by atoms with Gasteiger partial charge in [0.2, 0.25) is 0 Å². The van der Waals surface area contributed by atoms with Gasteiger partial charge in [-0.1, -0.05) is 12.1 Å². The van der Waals surface area contributed by atoms with Crippen LogP contribution >= 0.6 is 0 Å². The molecule has 88 valence electrons. The van der Waals surface area contributed by atoms with Crippen molar-refractivity contribution in [3.05, 3.63) is 40.5 Å². The van der Waals surface area contributed by atoms with Crippen LogP contribution in [0.3, 0.4) is 0 Å². The number of hydrogen-bond acceptors (Lipinski definition) is 3. The molecule has 0 atom stereocenters. The second-order valence-corrected chi connectivity index (χ2v) is 4.48. The summed E-state index contributed by atoms with van der Waals surface area (Å²) in [7, 11) is 0. The minimum Gasteiger partial charge on any atom is -0.382 e. The summed E-state index contributed by atoms with van der Waals surface area (Å²) in [5.74, 6) is 0.496. The Kier molecular flexibility index (Phi) is 2.84. The van der Waals surface area contributed by atoms with Gasteiger partial charge in [0.15, 0.2) is 0 Å². The van der Waals surface area contributed by atoms with Gasteiger partial charge in [0, 0.05) is 5.56 Å². The quantitative estimate of drug-likeness (QED) is 0.814. The molecule has 0 aliphatic rings.